The Morgan fingerprint density at radius 1 is 1.45 bits per heavy atom. The van der Waals surface area contributed by atoms with Crippen LogP contribution < -0.4 is 0 Å². The largest absolute Gasteiger partial charge is 0.381 e. The van der Waals surface area contributed by atoms with E-state index in [1.165, 1.54) is 17.7 Å². The summed E-state index contributed by atoms with van der Waals surface area (Å²) in [5, 5.41) is 0. The van der Waals surface area contributed by atoms with Gasteiger partial charge in [0.15, 0.2) is 0 Å². The van der Waals surface area contributed by atoms with Crippen molar-refractivity contribution in [1.82, 2.24) is 4.90 Å². The maximum atomic E-state index is 5.03. The number of hydrogen-bond acceptors (Lipinski definition) is 2. The Kier molecular flexibility index (Phi) is 2.96. The lowest BCUT2D eigenvalue weighted by Crippen LogP contribution is -2.11. The van der Waals surface area contributed by atoms with Gasteiger partial charge in [-0.15, -0.1) is 12.6 Å². The van der Waals surface area contributed by atoms with Gasteiger partial charge in [-0.1, -0.05) is 12.2 Å². The summed E-state index contributed by atoms with van der Waals surface area (Å²) in [6.07, 6.45) is 3.49. The summed E-state index contributed by atoms with van der Waals surface area (Å²) in [6, 6.07) is 0. The molecule has 0 saturated carbocycles. The highest BCUT2D eigenvalue weighted by Gasteiger charge is 2.17. The van der Waals surface area contributed by atoms with Crippen LogP contribution in [0.3, 0.4) is 0 Å². The van der Waals surface area contributed by atoms with Crippen LogP contribution in [0.5, 0.6) is 0 Å². The minimum absolute atomic E-state index is 0.770. The van der Waals surface area contributed by atoms with E-state index >= 15 is 0 Å². The molecule has 0 bridgehead atoms. The van der Waals surface area contributed by atoms with Gasteiger partial charge in [-0.05, 0) is 24.8 Å². The molecule has 0 aromatic carbocycles. The van der Waals surface area contributed by atoms with E-state index in [4.69, 9.17) is 12.2 Å². The summed E-state index contributed by atoms with van der Waals surface area (Å²) in [7, 11) is 4.12. The van der Waals surface area contributed by atoms with Gasteiger partial charge in [-0.2, -0.15) is 0 Å². The molecule has 0 N–H and O–H groups in total. The van der Waals surface area contributed by atoms with Gasteiger partial charge >= 0.3 is 0 Å². The fraction of sp³-hybridized carbons (Fsp3) is 0.625. The smallest absolute Gasteiger partial charge is 0.0724 e. The van der Waals surface area contributed by atoms with Crippen LogP contribution in [0.25, 0.3) is 0 Å². The lowest BCUT2D eigenvalue weighted by Gasteiger charge is -2.15. The second-order valence-electron chi connectivity index (χ2n) is 2.98. The third-order valence-electron chi connectivity index (χ3n) is 1.99. The number of rotatable bonds is 2. The number of hydrogen-bond donors (Lipinski definition) is 1. The van der Waals surface area contributed by atoms with Crippen molar-refractivity contribution in [3.8, 4) is 0 Å². The van der Waals surface area contributed by atoms with Crippen molar-refractivity contribution in [2.75, 3.05) is 14.1 Å². The van der Waals surface area contributed by atoms with Crippen LogP contribution in [0.1, 0.15) is 19.3 Å². The van der Waals surface area contributed by atoms with Gasteiger partial charge in [-0.3, -0.25) is 0 Å². The molecular weight excluding hydrogens is 174 g/mol. The maximum Gasteiger partial charge on any atom is 0.0724 e. The number of thiocarbonyl (C=S) groups is 1. The van der Waals surface area contributed by atoms with Crippen molar-refractivity contribution in [3.63, 3.8) is 0 Å². The van der Waals surface area contributed by atoms with E-state index in [1.807, 2.05) is 0 Å². The second-order valence-corrected chi connectivity index (χ2v) is 4.14. The van der Waals surface area contributed by atoms with Crippen LogP contribution in [-0.4, -0.2) is 23.2 Å². The summed E-state index contributed by atoms with van der Waals surface area (Å²) in [5.74, 6) is 0. The first-order valence-electron chi connectivity index (χ1n) is 3.75. The van der Waals surface area contributed by atoms with E-state index in [0.717, 1.165) is 17.0 Å². The molecule has 0 spiro atoms. The molecule has 1 rings (SSSR count). The molecule has 0 aliphatic heterocycles. The average Bonchev–Trinajstić information content (AvgIpc) is 2.32. The summed E-state index contributed by atoms with van der Waals surface area (Å²) in [6.45, 7) is 0. The molecule has 1 aliphatic rings. The van der Waals surface area contributed by atoms with Gasteiger partial charge in [0.1, 0.15) is 0 Å². The minimum Gasteiger partial charge on any atom is -0.381 e. The summed E-state index contributed by atoms with van der Waals surface area (Å²) >= 11 is 9.23. The molecular formula is C8H13NS2. The maximum absolute atomic E-state index is 5.03. The van der Waals surface area contributed by atoms with E-state index in [1.54, 1.807) is 0 Å². The Morgan fingerprint density at radius 3 is 2.45 bits per heavy atom. The van der Waals surface area contributed by atoms with Crippen LogP contribution in [0, 0.1) is 0 Å². The molecule has 0 fully saturated rings. The monoisotopic (exact) mass is 187 g/mol. The third kappa shape index (κ3) is 1.97. The lowest BCUT2D eigenvalue weighted by atomic mass is 10.2. The predicted molar refractivity (Wildman–Crippen MR) is 56.1 cm³/mol. The summed E-state index contributed by atoms with van der Waals surface area (Å²) in [4.78, 5) is 2.14. The highest BCUT2D eigenvalue weighted by atomic mass is 32.1. The zero-order valence-corrected chi connectivity index (χ0v) is 8.63. The molecule has 1 nitrogen and oxygen atoms in total. The lowest BCUT2D eigenvalue weighted by molar-refractivity contribution is 0.494. The molecule has 0 unspecified atom stereocenters. The average molecular weight is 187 g/mol. The zero-order valence-electron chi connectivity index (χ0n) is 6.92. The Bertz CT molecular complexity index is 206. The third-order valence-corrected chi connectivity index (χ3v) is 2.50. The van der Waals surface area contributed by atoms with E-state index in [-0.39, 0.29) is 0 Å². The molecule has 0 amide bonds. The van der Waals surface area contributed by atoms with Crippen LogP contribution in [0.4, 0.5) is 0 Å². The molecule has 0 aromatic heterocycles. The first-order valence-corrected chi connectivity index (χ1v) is 4.61. The first kappa shape index (κ1) is 9.07. The standard InChI is InChI=1S/C8H13NS2/c1-9(2)7-5-3-4-6(7)8(10)11/h3-5H2,1-2H3,(H,10,11). The minimum atomic E-state index is 0.770. The summed E-state index contributed by atoms with van der Waals surface area (Å²) in [5.41, 5.74) is 2.64. The molecule has 1 aliphatic carbocycles. The van der Waals surface area contributed by atoms with Gasteiger partial charge in [0.25, 0.3) is 0 Å². The molecule has 0 radical (unpaired) electrons. The number of nitrogens with zero attached hydrogens (tertiary/aromatic N) is 1. The predicted octanol–water partition coefficient (Wildman–Crippen LogP) is 2.24. The van der Waals surface area contributed by atoms with E-state index in [9.17, 15) is 0 Å². The van der Waals surface area contributed by atoms with Gasteiger partial charge in [0.05, 0.1) is 4.20 Å². The van der Waals surface area contributed by atoms with Crippen molar-refractivity contribution in [2.24, 2.45) is 0 Å². The van der Waals surface area contributed by atoms with Gasteiger partial charge in [0, 0.05) is 19.8 Å². The quantitative estimate of drug-likeness (QED) is 0.522. The SMILES string of the molecule is CN(C)C1=C(C(=S)S)CCC1. The van der Waals surface area contributed by atoms with Crippen molar-refractivity contribution < 1.29 is 0 Å². The van der Waals surface area contributed by atoms with E-state index in [2.05, 4.69) is 31.6 Å². The number of allylic oxidation sites excluding steroid dienone is 1. The second kappa shape index (κ2) is 3.59. The molecule has 62 valence electrons. The first-order chi connectivity index (χ1) is 5.13. The fourth-order valence-electron chi connectivity index (χ4n) is 1.45. The van der Waals surface area contributed by atoms with E-state index in [0.29, 0.717) is 0 Å². The highest BCUT2D eigenvalue weighted by Crippen LogP contribution is 2.29. The number of thiol groups is 1. The highest BCUT2D eigenvalue weighted by molar-refractivity contribution is 8.11. The van der Waals surface area contributed by atoms with Gasteiger partial charge in [0.2, 0.25) is 0 Å². The zero-order chi connectivity index (χ0) is 8.43. The summed E-state index contributed by atoms with van der Waals surface area (Å²) < 4.78 is 0.770. The normalized spacial score (nSPS) is 17.4. The van der Waals surface area contributed by atoms with Crippen LogP contribution in [0.15, 0.2) is 11.3 Å². The van der Waals surface area contributed by atoms with Crippen molar-refractivity contribution >= 4 is 29.0 Å². The van der Waals surface area contributed by atoms with Crippen LogP contribution >= 0.6 is 24.8 Å². The van der Waals surface area contributed by atoms with Crippen molar-refractivity contribution in [3.05, 3.63) is 11.3 Å². The van der Waals surface area contributed by atoms with Crippen molar-refractivity contribution in [2.45, 2.75) is 19.3 Å². The Balaban J connectivity index is 2.86. The molecule has 0 aromatic rings. The molecule has 11 heavy (non-hydrogen) atoms. The van der Waals surface area contributed by atoms with Crippen LogP contribution in [-0.2, 0) is 0 Å². The Labute approximate surface area is 78.9 Å². The molecule has 3 heteroatoms. The van der Waals surface area contributed by atoms with Gasteiger partial charge in [-0.25, -0.2) is 0 Å². The molecule has 0 heterocycles. The topological polar surface area (TPSA) is 3.24 Å². The van der Waals surface area contributed by atoms with Crippen LogP contribution in [0.2, 0.25) is 0 Å². The Hall–Kier alpha value is -0.0200. The molecule has 0 atom stereocenters. The van der Waals surface area contributed by atoms with Gasteiger partial charge < -0.3 is 4.90 Å². The van der Waals surface area contributed by atoms with E-state index < -0.39 is 0 Å². The fourth-order valence-corrected chi connectivity index (χ4v) is 1.91. The Morgan fingerprint density at radius 2 is 2.09 bits per heavy atom. The van der Waals surface area contributed by atoms with Crippen molar-refractivity contribution in [1.29, 1.82) is 0 Å². The molecule has 0 saturated heterocycles.